The average molecular weight is 183 g/mol. The SMILES string of the molecule is Cl.[2H]COC[C@@H]1CC[C@@H](N)CO1. The van der Waals surface area contributed by atoms with Crippen molar-refractivity contribution in [1.82, 2.24) is 0 Å². The number of methoxy groups -OCH3 is 1. The lowest BCUT2D eigenvalue weighted by Crippen LogP contribution is -2.37. The van der Waals surface area contributed by atoms with E-state index in [0.29, 0.717) is 13.2 Å². The van der Waals surface area contributed by atoms with Gasteiger partial charge in [0.1, 0.15) is 0 Å². The van der Waals surface area contributed by atoms with Gasteiger partial charge in [0.05, 0.1) is 20.7 Å². The molecule has 11 heavy (non-hydrogen) atoms. The van der Waals surface area contributed by atoms with Crippen molar-refractivity contribution in [2.24, 2.45) is 5.73 Å². The van der Waals surface area contributed by atoms with Crippen LogP contribution in [0.25, 0.3) is 0 Å². The molecule has 0 amide bonds. The Labute approximate surface area is 75.0 Å². The van der Waals surface area contributed by atoms with Gasteiger partial charge >= 0.3 is 0 Å². The van der Waals surface area contributed by atoms with Gasteiger partial charge in [-0.1, -0.05) is 0 Å². The van der Waals surface area contributed by atoms with Crippen molar-refractivity contribution >= 4 is 12.4 Å². The van der Waals surface area contributed by atoms with Gasteiger partial charge in [-0.25, -0.2) is 0 Å². The summed E-state index contributed by atoms with van der Waals surface area (Å²) in [4.78, 5) is 0. The minimum absolute atomic E-state index is 0. The Bertz CT molecular complexity index is 107. The second-order valence-corrected chi connectivity index (χ2v) is 2.66. The molecule has 4 heteroatoms. The Hall–Kier alpha value is 0.170. The fraction of sp³-hybridized carbons (Fsp3) is 1.00. The molecule has 1 saturated heterocycles. The van der Waals surface area contributed by atoms with E-state index in [0.717, 1.165) is 12.8 Å². The van der Waals surface area contributed by atoms with Crippen molar-refractivity contribution < 1.29 is 10.8 Å². The first kappa shape index (κ1) is 9.26. The summed E-state index contributed by atoms with van der Waals surface area (Å²) in [5.74, 6) is 0. The molecule has 1 fully saturated rings. The summed E-state index contributed by atoms with van der Waals surface area (Å²) in [6.07, 6.45) is 2.13. The molecule has 0 aromatic heterocycles. The Morgan fingerprint density at radius 3 is 3.09 bits per heavy atom. The minimum Gasteiger partial charge on any atom is -0.382 e. The molecule has 1 aliphatic rings. The highest BCUT2D eigenvalue weighted by atomic mass is 35.5. The molecule has 68 valence electrons. The second-order valence-electron chi connectivity index (χ2n) is 2.66. The summed E-state index contributed by atoms with van der Waals surface area (Å²) in [6, 6.07) is 0.197. The fourth-order valence-electron chi connectivity index (χ4n) is 1.09. The number of nitrogens with two attached hydrogens (primary N) is 1. The van der Waals surface area contributed by atoms with Crippen molar-refractivity contribution in [1.29, 1.82) is 0 Å². The predicted octanol–water partition coefficient (Wildman–Crippen LogP) is 0.561. The first-order chi connectivity index (χ1) is 5.33. The van der Waals surface area contributed by atoms with E-state index in [2.05, 4.69) is 0 Å². The maximum Gasteiger partial charge on any atom is 0.0809 e. The lowest BCUT2D eigenvalue weighted by molar-refractivity contribution is -0.0363. The molecule has 1 aliphatic heterocycles. The predicted molar refractivity (Wildman–Crippen MR) is 46.1 cm³/mol. The molecule has 0 aromatic carbocycles. The highest BCUT2D eigenvalue weighted by Crippen LogP contribution is 2.11. The van der Waals surface area contributed by atoms with Crippen LogP contribution in [0.15, 0.2) is 0 Å². The molecule has 0 aliphatic carbocycles. The Morgan fingerprint density at radius 2 is 2.55 bits per heavy atom. The molecule has 0 unspecified atom stereocenters. The monoisotopic (exact) mass is 182 g/mol. The molecule has 0 spiro atoms. The molecule has 2 N–H and O–H groups in total. The third-order valence-corrected chi connectivity index (χ3v) is 1.71. The average Bonchev–Trinajstić information content (AvgIpc) is 2.04. The molecule has 1 rings (SSSR count). The molecular formula is C7H16ClNO2. The van der Waals surface area contributed by atoms with Crippen LogP contribution in [-0.2, 0) is 9.47 Å². The lowest BCUT2D eigenvalue weighted by Gasteiger charge is -2.25. The van der Waals surface area contributed by atoms with Crippen LogP contribution >= 0.6 is 12.4 Å². The lowest BCUT2D eigenvalue weighted by atomic mass is 10.1. The van der Waals surface area contributed by atoms with Gasteiger partial charge < -0.3 is 15.2 Å². The van der Waals surface area contributed by atoms with E-state index in [1.165, 1.54) is 0 Å². The molecular weight excluding hydrogens is 166 g/mol. The fourth-order valence-corrected chi connectivity index (χ4v) is 1.09. The van der Waals surface area contributed by atoms with Crippen LogP contribution in [0.1, 0.15) is 14.2 Å². The molecule has 3 nitrogen and oxygen atoms in total. The molecule has 0 saturated carbocycles. The van der Waals surface area contributed by atoms with Crippen LogP contribution in [0.2, 0.25) is 0 Å². The maximum atomic E-state index is 6.76. The van der Waals surface area contributed by atoms with E-state index in [1.54, 1.807) is 0 Å². The first-order valence-corrected chi connectivity index (χ1v) is 3.57. The molecule has 0 bridgehead atoms. The van der Waals surface area contributed by atoms with E-state index >= 15 is 0 Å². The van der Waals surface area contributed by atoms with Crippen LogP contribution in [0.3, 0.4) is 0 Å². The van der Waals surface area contributed by atoms with Crippen LogP contribution < -0.4 is 5.73 Å². The number of halogens is 1. The number of hydrogen-bond donors (Lipinski definition) is 1. The van der Waals surface area contributed by atoms with E-state index in [-0.39, 0.29) is 31.6 Å². The third-order valence-electron chi connectivity index (χ3n) is 1.71. The van der Waals surface area contributed by atoms with Crippen molar-refractivity contribution in [2.75, 3.05) is 20.3 Å². The Kier molecular flexibility index (Phi) is 4.86. The topological polar surface area (TPSA) is 44.5 Å². The molecule has 0 aromatic rings. The van der Waals surface area contributed by atoms with E-state index in [4.69, 9.17) is 16.6 Å². The quantitative estimate of drug-likeness (QED) is 0.679. The largest absolute Gasteiger partial charge is 0.382 e. The van der Waals surface area contributed by atoms with Gasteiger partial charge in [-0.15, -0.1) is 12.4 Å². The first-order valence-electron chi connectivity index (χ1n) is 4.28. The summed E-state index contributed by atoms with van der Waals surface area (Å²) in [7, 11) is 0.0198. The van der Waals surface area contributed by atoms with Crippen molar-refractivity contribution in [3.05, 3.63) is 0 Å². The summed E-state index contributed by atoms with van der Waals surface area (Å²) in [5.41, 5.74) is 5.62. The molecule has 1 heterocycles. The van der Waals surface area contributed by atoms with Gasteiger partial charge in [-0.3, -0.25) is 0 Å². The number of ether oxygens (including phenoxy) is 2. The third kappa shape index (κ3) is 3.91. The zero-order chi connectivity index (χ0) is 8.10. The number of rotatable bonds is 2. The second kappa shape index (κ2) is 5.77. The highest BCUT2D eigenvalue weighted by Gasteiger charge is 2.17. The van der Waals surface area contributed by atoms with Crippen molar-refractivity contribution in [3.8, 4) is 0 Å². The van der Waals surface area contributed by atoms with E-state index in [1.807, 2.05) is 0 Å². The van der Waals surface area contributed by atoms with Crippen LogP contribution in [0.5, 0.6) is 0 Å². The zero-order valence-corrected chi connectivity index (χ0v) is 7.31. The highest BCUT2D eigenvalue weighted by molar-refractivity contribution is 5.85. The molecule has 2 atom stereocenters. The summed E-state index contributed by atoms with van der Waals surface area (Å²) >= 11 is 0. The summed E-state index contributed by atoms with van der Waals surface area (Å²) in [5, 5.41) is 0. The normalized spacial score (nSPS) is 32.3. The molecule has 0 radical (unpaired) electrons. The summed E-state index contributed by atoms with van der Waals surface area (Å²) < 4.78 is 17.0. The number of hydrogen-bond acceptors (Lipinski definition) is 3. The van der Waals surface area contributed by atoms with Gasteiger partial charge in [0.2, 0.25) is 0 Å². The zero-order valence-electron chi connectivity index (χ0n) is 7.49. The standard InChI is InChI=1S/C7H15NO2.ClH/c1-9-5-7-3-2-6(8)4-10-7;/h6-7H,2-5,8H2,1H3;1H/t6-,7+;/m1./s1/i1D;. The Balaban J connectivity index is 0.00000121. The van der Waals surface area contributed by atoms with Gasteiger partial charge in [-0.05, 0) is 12.8 Å². The van der Waals surface area contributed by atoms with Crippen LogP contribution in [0.4, 0.5) is 0 Å². The van der Waals surface area contributed by atoms with E-state index < -0.39 is 0 Å². The maximum absolute atomic E-state index is 6.76. The van der Waals surface area contributed by atoms with Gasteiger partial charge in [0.15, 0.2) is 0 Å². The summed E-state index contributed by atoms with van der Waals surface area (Å²) in [6.45, 7) is 1.17. The van der Waals surface area contributed by atoms with Gasteiger partial charge in [0.25, 0.3) is 0 Å². The van der Waals surface area contributed by atoms with E-state index in [9.17, 15) is 0 Å². The van der Waals surface area contributed by atoms with Crippen LogP contribution in [0, 0.1) is 0 Å². The van der Waals surface area contributed by atoms with Crippen molar-refractivity contribution in [3.63, 3.8) is 0 Å². The smallest absolute Gasteiger partial charge is 0.0809 e. The van der Waals surface area contributed by atoms with Gasteiger partial charge in [0, 0.05) is 13.1 Å². The van der Waals surface area contributed by atoms with Crippen LogP contribution in [-0.4, -0.2) is 32.4 Å². The Morgan fingerprint density at radius 1 is 1.73 bits per heavy atom. The van der Waals surface area contributed by atoms with Crippen molar-refractivity contribution in [2.45, 2.75) is 25.0 Å². The van der Waals surface area contributed by atoms with Gasteiger partial charge in [-0.2, -0.15) is 0 Å². The minimum atomic E-state index is 0.